The number of halogens is 3. The van der Waals surface area contributed by atoms with Gasteiger partial charge in [0.2, 0.25) is 0 Å². The zero-order valence-electron chi connectivity index (χ0n) is 7.40. The molecule has 2 rings (SSSR count). The second kappa shape index (κ2) is 4.65. The van der Waals surface area contributed by atoms with Gasteiger partial charge in [0.15, 0.2) is 0 Å². The molecule has 1 aliphatic rings. The molecule has 1 aliphatic heterocycles. The van der Waals surface area contributed by atoms with Crippen molar-refractivity contribution >= 4 is 50.9 Å². The lowest BCUT2D eigenvalue weighted by Crippen LogP contribution is -2.18. The lowest BCUT2D eigenvalue weighted by molar-refractivity contribution is 0.779. The van der Waals surface area contributed by atoms with Crippen LogP contribution in [0.1, 0.15) is 12.0 Å². The molecule has 1 heterocycles. The van der Waals surface area contributed by atoms with Gasteiger partial charge in [-0.1, -0.05) is 23.2 Å². The average molecular weight is 312 g/mol. The van der Waals surface area contributed by atoms with Crippen LogP contribution in [0.3, 0.4) is 0 Å². The number of hydrogen-bond donors (Lipinski definition) is 0. The molecule has 4 heteroatoms. The van der Waals surface area contributed by atoms with Gasteiger partial charge in [0, 0.05) is 5.25 Å². The van der Waals surface area contributed by atoms with Crippen LogP contribution in [-0.2, 0) is 6.42 Å². The third-order valence-corrected chi connectivity index (χ3v) is 5.55. The summed E-state index contributed by atoms with van der Waals surface area (Å²) in [6.45, 7) is 0. The Balaban J connectivity index is 2.17. The van der Waals surface area contributed by atoms with Gasteiger partial charge in [0.05, 0.1) is 14.5 Å². The summed E-state index contributed by atoms with van der Waals surface area (Å²) in [5.74, 6) is 1.29. The van der Waals surface area contributed by atoms with Crippen LogP contribution in [0.15, 0.2) is 16.6 Å². The van der Waals surface area contributed by atoms with E-state index in [1.807, 2.05) is 23.9 Å². The van der Waals surface area contributed by atoms with Gasteiger partial charge < -0.3 is 0 Å². The molecular formula is C10H9BrCl2S. The minimum atomic E-state index is 0.705. The lowest BCUT2D eigenvalue weighted by atomic mass is 10.1. The molecule has 0 amide bonds. The molecular weight excluding hydrogens is 303 g/mol. The van der Waals surface area contributed by atoms with E-state index in [1.165, 1.54) is 17.7 Å². The molecule has 76 valence electrons. The predicted molar refractivity (Wildman–Crippen MR) is 68.7 cm³/mol. The van der Waals surface area contributed by atoms with Crippen LogP contribution < -0.4 is 0 Å². The van der Waals surface area contributed by atoms with Crippen LogP contribution >= 0.6 is 50.9 Å². The SMILES string of the molecule is Clc1cc(CC2CCS2)cc(Cl)c1Br. The van der Waals surface area contributed by atoms with E-state index in [0.29, 0.717) is 10.0 Å². The van der Waals surface area contributed by atoms with Crippen LogP contribution in [0.25, 0.3) is 0 Å². The Morgan fingerprint density at radius 3 is 2.36 bits per heavy atom. The normalized spacial score (nSPS) is 20.6. The van der Waals surface area contributed by atoms with Gasteiger partial charge in [-0.2, -0.15) is 11.8 Å². The van der Waals surface area contributed by atoms with Gasteiger partial charge in [-0.15, -0.1) is 0 Å². The molecule has 0 bridgehead atoms. The third kappa shape index (κ3) is 2.41. The van der Waals surface area contributed by atoms with Crippen LogP contribution in [0.4, 0.5) is 0 Å². The standard InChI is InChI=1S/C10H9BrCl2S/c11-10-8(12)4-6(5-9(10)13)3-7-1-2-14-7/h4-5,7H,1-3H2. The number of benzene rings is 1. The van der Waals surface area contributed by atoms with Crippen LogP contribution in [-0.4, -0.2) is 11.0 Å². The molecule has 1 aromatic carbocycles. The highest BCUT2D eigenvalue weighted by molar-refractivity contribution is 9.10. The molecule has 0 saturated carbocycles. The first-order valence-corrected chi connectivity index (χ1v) is 7.01. The van der Waals surface area contributed by atoms with Crippen molar-refractivity contribution in [3.05, 3.63) is 32.2 Å². The quantitative estimate of drug-likeness (QED) is 0.707. The highest BCUT2D eigenvalue weighted by Gasteiger charge is 2.19. The summed E-state index contributed by atoms with van der Waals surface area (Å²) >= 11 is 17.4. The summed E-state index contributed by atoms with van der Waals surface area (Å²) < 4.78 is 0.797. The van der Waals surface area contributed by atoms with E-state index in [-0.39, 0.29) is 0 Å². The van der Waals surface area contributed by atoms with Crippen molar-refractivity contribution in [2.75, 3.05) is 5.75 Å². The topological polar surface area (TPSA) is 0 Å². The molecule has 0 nitrogen and oxygen atoms in total. The van der Waals surface area contributed by atoms with Crippen molar-refractivity contribution in [3.63, 3.8) is 0 Å². The fourth-order valence-corrected chi connectivity index (χ4v) is 3.07. The molecule has 1 aromatic rings. The Bertz CT molecular complexity index is 327. The van der Waals surface area contributed by atoms with E-state index in [2.05, 4.69) is 15.9 Å². The third-order valence-electron chi connectivity index (χ3n) is 2.30. The summed E-state index contributed by atoms with van der Waals surface area (Å²) in [4.78, 5) is 0. The summed E-state index contributed by atoms with van der Waals surface area (Å²) in [6.07, 6.45) is 2.40. The second-order valence-electron chi connectivity index (χ2n) is 3.36. The van der Waals surface area contributed by atoms with E-state index in [4.69, 9.17) is 23.2 Å². The Morgan fingerprint density at radius 2 is 1.93 bits per heavy atom. The second-order valence-corrected chi connectivity index (χ2v) is 6.37. The maximum Gasteiger partial charge on any atom is 0.0565 e. The molecule has 0 aromatic heterocycles. The zero-order valence-corrected chi connectivity index (χ0v) is 11.3. The summed E-state index contributed by atoms with van der Waals surface area (Å²) in [6, 6.07) is 3.99. The van der Waals surface area contributed by atoms with E-state index >= 15 is 0 Å². The molecule has 1 unspecified atom stereocenters. The van der Waals surface area contributed by atoms with E-state index in [9.17, 15) is 0 Å². The van der Waals surface area contributed by atoms with Crippen LogP contribution in [0.2, 0.25) is 10.0 Å². The first kappa shape index (κ1) is 11.1. The Labute approximate surface area is 106 Å². The number of rotatable bonds is 2. The molecule has 1 atom stereocenters. The predicted octanol–water partition coefficient (Wildman–Crippen LogP) is 4.80. The van der Waals surface area contributed by atoms with Crippen molar-refractivity contribution in [2.45, 2.75) is 18.1 Å². The van der Waals surface area contributed by atoms with Crippen molar-refractivity contribution in [3.8, 4) is 0 Å². The molecule has 0 spiro atoms. The Morgan fingerprint density at radius 1 is 1.36 bits per heavy atom. The molecule has 0 radical (unpaired) electrons. The van der Waals surface area contributed by atoms with Gasteiger partial charge in [0.25, 0.3) is 0 Å². The van der Waals surface area contributed by atoms with Crippen molar-refractivity contribution in [1.29, 1.82) is 0 Å². The largest absolute Gasteiger partial charge is 0.158 e. The fourth-order valence-electron chi connectivity index (χ4n) is 1.43. The fraction of sp³-hybridized carbons (Fsp3) is 0.400. The van der Waals surface area contributed by atoms with Crippen LogP contribution in [0, 0.1) is 0 Å². The van der Waals surface area contributed by atoms with Gasteiger partial charge in [-0.05, 0) is 52.2 Å². The highest BCUT2D eigenvalue weighted by atomic mass is 79.9. The van der Waals surface area contributed by atoms with Crippen molar-refractivity contribution < 1.29 is 0 Å². The van der Waals surface area contributed by atoms with E-state index in [1.54, 1.807) is 0 Å². The maximum atomic E-state index is 6.03. The Hall–Kier alpha value is 0.630. The van der Waals surface area contributed by atoms with Crippen molar-refractivity contribution in [2.24, 2.45) is 0 Å². The molecule has 1 saturated heterocycles. The zero-order chi connectivity index (χ0) is 10.1. The molecule has 0 N–H and O–H groups in total. The van der Waals surface area contributed by atoms with Gasteiger partial charge in [-0.3, -0.25) is 0 Å². The minimum absolute atomic E-state index is 0.705. The van der Waals surface area contributed by atoms with Crippen LogP contribution in [0.5, 0.6) is 0 Å². The number of thioether (sulfide) groups is 1. The maximum absolute atomic E-state index is 6.03. The van der Waals surface area contributed by atoms with Gasteiger partial charge in [0.1, 0.15) is 0 Å². The minimum Gasteiger partial charge on any atom is -0.158 e. The summed E-state index contributed by atoms with van der Waals surface area (Å²) in [5.41, 5.74) is 1.24. The first-order chi connectivity index (χ1) is 6.66. The van der Waals surface area contributed by atoms with E-state index in [0.717, 1.165) is 16.1 Å². The molecule has 1 fully saturated rings. The van der Waals surface area contributed by atoms with Gasteiger partial charge in [-0.25, -0.2) is 0 Å². The average Bonchev–Trinajstić information content (AvgIpc) is 2.07. The van der Waals surface area contributed by atoms with Crippen molar-refractivity contribution in [1.82, 2.24) is 0 Å². The molecule has 14 heavy (non-hydrogen) atoms. The van der Waals surface area contributed by atoms with E-state index < -0.39 is 0 Å². The smallest absolute Gasteiger partial charge is 0.0565 e. The monoisotopic (exact) mass is 310 g/mol. The van der Waals surface area contributed by atoms with Gasteiger partial charge >= 0.3 is 0 Å². The Kier molecular flexibility index (Phi) is 3.69. The summed E-state index contributed by atoms with van der Waals surface area (Å²) in [7, 11) is 0. The lowest BCUT2D eigenvalue weighted by Gasteiger charge is -2.25. The number of hydrogen-bond acceptors (Lipinski definition) is 1. The molecule has 0 aliphatic carbocycles. The first-order valence-electron chi connectivity index (χ1n) is 4.42. The highest BCUT2D eigenvalue weighted by Crippen LogP contribution is 2.35. The summed E-state index contributed by atoms with van der Waals surface area (Å²) in [5, 5.41) is 2.18.